The highest BCUT2D eigenvalue weighted by Crippen LogP contribution is 2.37. The van der Waals surface area contributed by atoms with Crippen LogP contribution in [0.15, 0.2) is 42.5 Å². The summed E-state index contributed by atoms with van der Waals surface area (Å²) in [5.41, 5.74) is 2.23. The summed E-state index contributed by atoms with van der Waals surface area (Å²) in [5.74, 6) is -1.11. The van der Waals surface area contributed by atoms with Crippen molar-refractivity contribution in [2.45, 2.75) is 25.3 Å². The number of benzene rings is 3. The van der Waals surface area contributed by atoms with Gasteiger partial charge in [-0.3, -0.25) is 4.79 Å². The van der Waals surface area contributed by atoms with Gasteiger partial charge in [0.05, 0.1) is 37.4 Å². The average molecular weight is 715 g/mol. The van der Waals surface area contributed by atoms with E-state index in [0.29, 0.717) is 39.3 Å². The van der Waals surface area contributed by atoms with Crippen molar-refractivity contribution in [2.75, 3.05) is 24.3 Å². The van der Waals surface area contributed by atoms with E-state index in [0.717, 1.165) is 11.6 Å². The molecule has 0 aliphatic rings. The van der Waals surface area contributed by atoms with Gasteiger partial charge < -0.3 is 35.2 Å². The highest BCUT2D eigenvalue weighted by molar-refractivity contribution is 6.39. The fourth-order valence-electron chi connectivity index (χ4n) is 3.78. The minimum absolute atomic E-state index is 0.0599. The van der Waals surface area contributed by atoms with Crippen LogP contribution in [0.2, 0.25) is 15.1 Å². The van der Waals surface area contributed by atoms with E-state index in [4.69, 9.17) is 44.6 Å². The first-order valence-electron chi connectivity index (χ1n) is 12.8. The number of halogens is 9. The number of nitrogens with one attached hydrogen (secondary N) is 3. The van der Waals surface area contributed by atoms with Gasteiger partial charge in [0.15, 0.2) is 6.29 Å². The first-order chi connectivity index (χ1) is 21.6. The molecule has 0 saturated heterocycles. The molecular weight excluding hydrogens is 691 g/mol. The Bertz CT molecular complexity index is 1720. The molecule has 0 aliphatic heterocycles. The first kappa shape index (κ1) is 36.7. The number of hydrogen-bond acceptors (Lipinski definition) is 7. The molecule has 1 atom stereocenters. The zero-order valence-electron chi connectivity index (χ0n) is 23.7. The molecule has 4 aromatic rings. The quantitative estimate of drug-likeness (QED) is 0.102. The Morgan fingerprint density at radius 3 is 2.37 bits per heavy atom. The molecule has 1 amide bonds. The van der Waals surface area contributed by atoms with E-state index in [-0.39, 0.29) is 22.0 Å². The van der Waals surface area contributed by atoms with Crippen LogP contribution in [-0.4, -0.2) is 59.2 Å². The molecule has 9 nitrogen and oxygen atoms in total. The molecule has 3 aromatic carbocycles. The normalized spacial score (nSPS) is 12.0. The number of amides is 1. The van der Waals surface area contributed by atoms with Crippen molar-refractivity contribution in [3.8, 4) is 5.75 Å². The number of aldehydes is 1. The number of aliphatic hydroxyl groups excluding tert-OH is 1. The maximum atomic E-state index is 13.5. The smallest absolute Gasteiger partial charge is 0.421 e. The number of rotatable bonds is 10. The molecule has 1 heterocycles. The van der Waals surface area contributed by atoms with E-state index in [1.807, 2.05) is 0 Å². The van der Waals surface area contributed by atoms with Crippen LogP contribution in [0.25, 0.3) is 11.0 Å². The van der Waals surface area contributed by atoms with Gasteiger partial charge in [0.1, 0.15) is 18.2 Å². The summed E-state index contributed by atoms with van der Waals surface area (Å²) in [6.07, 6.45) is -11.0. The second-order valence-corrected chi connectivity index (χ2v) is 10.5. The Balaban J connectivity index is 0.000000637. The number of anilines is 3. The second-order valence-electron chi connectivity index (χ2n) is 9.29. The number of aryl methyl sites for hydroxylation is 1. The minimum Gasteiger partial charge on any atom is -0.487 e. The van der Waals surface area contributed by atoms with Gasteiger partial charge >= 0.3 is 6.18 Å². The molecule has 18 heteroatoms. The molecule has 0 bridgehead atoms. The predicted octanol–water partition coefficient (Wildman–Crippen LogP) is 7.14. The molecule has 0 fully saturated rings. The fraction of sp³-hybridized carbons (Fsp3) is 0.250. The number of carbonyl (C=O) groups excluding carboxylic acids is 2. The van der Waals surface area contributed by atoms with E-state index in [1.54, 1.807) is 30.8 Å². The Labute approximate surface area is 272 Å². The van der Waals surface area contributed by atoms with Crippen molar-refractivity contribution in [3.63, 3.8) is 0 Å². The maximum Gasteiger partial charge on any atom is 0.421 e. The van der Waals surface area contributed by atoms with E-state index < -0.39 is 43.3 Å². The number of aromatic nitrogens is 2. The van der Waals surface area contributed by atoms with Crippen LogP contribution in [0.3, 0.4) is 0 Å². The monoisotopic (exact) mass is 713 g/mol. The Hall–Kier alpha value is -3.76. The third kappa shape index (κ3) is 9.16. The SMILES string of the molecule is CNCc1ccc(Cl)c(Nc2nc3cc(C(=O)Nc4ccc(F)c(Cl)c4)c(OCC(F)F)cc3n2C)c1Cl.O=CC(O)C(F)(F)F. The minimum atomic E-state index is -4.80. The van der Waals surface area contributed by atoms with Crippen molar-refractivity contribution in [1.29, 1.82) is 0 Å². The largest absolute Gasteiger partial charge is 0.487 e. The molecule has 46 heavy (non-hydrogen) atoms. The van der Waals surface area contributed by atoms with Crippen molar-refractivity contribution in [1.82, 2.24) is 14.9 Å². The highest BCUT2D eigenvalue weighted by atomic mass is 35.5. The molecule has 0 aliphatic carbocycles. The van der Waals surface area contributed by atoms with Gasteiger partial charge in [-0.05, 0) is 42.9 Å². The molecule has 4 rings (SSSR count). The molecule has 4 N–H and O–H groups in total. The van der Waals surface area contributed by atoms with Crippen LogP contribution >= 0.6 is 34.8 Å². The average Bonchev–Trinajstić information content (AvgIpc) is 3.30. The van der Waals surface area contributed by atoms with Crippen molar-refractivity contribution < 1.29 is 45.8 Å². The number of aliphatic hydroxyl groups is 1. The number of alkyl halides is 5. The lowest BCUT2D eigenvalue weighted by atomic mass is 10.1. The number of nitrogens with zero attached hydrogens (tertiary/aromatic N) is 2. The van der Waals surface area contributed by atoms with Gasteiger partial charge in [-0.1, -0.05) is 40.9 Å². The van der Waals surface area contributed by atoms with Crippen LogP contribution < -0.4 is 20.7 Å². The lowest BCUT2D eigenvalue weighted by Gasteiger charge is -2.14. The predicted molar refractivity (Wildman–Crippen MR) is 162 cm³/mol. The number of hydrogen-bond donors (Lipinski definition) is 4. The standard InChI is InChI=1S/C25H21Cl3F3N5O2.C3H3F3O2/c1-32-10-12-3-5-15(26)23(22(12)28)35-25-34-18-8-14(20(38-11-21(30)31)9-19(18)36(25)2)24(37)33-13-4-6-17(29)16(27)7-13;4-3(5,6)2(8)1-7/h3-9,21,32H,10-11H2,1-2H3,(H,33,37)(H,34,35);1-2,8H. The summed E-state index contributed by atoms with van der Waals surface area (Å²) in [6, 6.07) is 9.97. The van der Waals surface area contributed by atoms with Crippen molar-refractivity contribution in [3.05, 3.63) is 74.5 Å². The van der Waals surface area contributed by atoms with Gasteiger partial charge in [-0.25, -0.2) is 18.2 Å². The van der Waals surface area contributed by atoms with Crippen LogP contribution in [-0.2, 0) is 18.4 Å². The van der Waals surface area contributed by atoms with Crippen LogP contribution in [0.4, 0.5) is 43.7 Å². The van der Waals surface area contributed by atoms with E-state index in [1.165, 1.54) is 24.3 Å². The Morgan fingerprint density at radius 1 is 1.11 bits per heavy atom. The third-order valence-electron chi connectivity index (χ3n) is 6.01. The van der Waals surface area contributed by atoms with E-state index in [2.05, 4.69) is 20.9 Å². The molecule has 1 unspecified atom stereocenters. The summed E-state index contributed by atoms with van der Waals surface area (Å²) in [4.78, 5) is 26.8. The highest BCUT2D eigenvalue weighted by Gasteiger charge is 2.37. The molecule has 248 valence electrons. The van der Waals surface area contributed by atoms with Crippen LogP contribution in [0.5, 0.6) is 5.75 Å². The van der Waals surface area contributed by atoms with Gasteiger partial charge in [0, 0.05) is 25.3 Å². The Morgan fingerprint density at radius 2 is 1.80 bits per heavy atom. The second kappa shape index (κ2) is 15.7. The summed E-state index contributed by atoms with van der Waals surface area (Å²) >= 11 is 18.7. The lowest BCUT2D eigenvalue weighted by molar-refractivity contribution is -0.197. The van der Waals surface area contributed by atoms with Crippen LogP contribution in [0.1, 0.15) is 15.9 Å². The summed E-state index contributed by atoms with van der Waals surface area (Å²) in [6.45, 7) is -0.420. The van der Waals surface area contributed by atoms with Crippen molar-refractivity contribution >= 4 is 75.4 Å². The zero-order valence-corrected chi connectivity index (χ0v) is 25.9. The Kier molecular flexibility index (Phi) is 12.5. The van der Waals surface area contributed by atoms with E-state index >= 15 is 0 Å². The number of ether oxygens (including phenoxy) is 1. The number of carbonyl (C=O) groups is 2. The van der Waals surface area contributed by atoms with Gasteiger partial charge in [0.2, 0.25) is 12.1 Å². The number of imidazole rings is 1. The third-order valence-corrected chi connectivity index (χ3v) is 7.04. The molecule has 1 aromatic heterocycles. The zero-order chi connectivity index (χ0) is 34.3. The summed E-state index contributed by atoms with van der Waals surface area (Å²) < 4.78 is 79.2. The molecule has 0 radical (unpaired) electrons. The van der Waals surface area contributed by atoms with Crippen LogP contribution in [0, 0.1) is 5.82 Å². The van der Waals surface area contributed by atoms with Gasteiger partial charge in [0.25, 0.3) is 12.3 Å². The topological polar surface area (TPSA) is 118 Å². The molecule has 0 spiro atoms. The summed E-state index contributed by atoms with van der Waals surface area (Å²) in [5, 5.41) is 17.0. The van der Waals surface area contributed by atoms with E-state index in [9.17, 15) is 35.9 Å². The fourth-order valence-corrected chi connectivity index (χ4v) is 4.49. The van der Waals surface area contributed by atoms with Gasteiger partial charge in [-0.15, -0.1) is 0 Å². The lowest BCUT2D eigenvalue weighted by Crippen LogP contribution is -2.29. The molecule has 0 saturated carbocycles. The first-order valence-corrected chi connectivity index (χ1v) is 14.0. The summed E-state index contributed by atoms with van der Waals surface area (Å²) in [7, 11) is 3.48. The van der Waals surface area contributed by atoms with Crippen molar-refractivity contribution in [2.24, 2.45) is 7.05 Å². The maximum absolute atomic E-state index is 13.5. The molecular formula is C28H24Cl3F6N5O4. The van der Waals surface area contributed by atoms with Gasteiger partial charge in [-0.2, -0.15) is 13.2 Å². The number of fused-ring (bicyclic) bond motifs is 1.